The van der Waals surface area contributed by atoms with Crippen molar-refractivity contribution in [1.29, 1.82) is 0 Å². The standard InChI is InChI=1S/C18H18N2OS2/c1-11-7-8-12(2)20(11)18(21)16-10-9-15(22-16)17-19-13-5-3-4-6-14(13)23-17/h3-6,9-12H,7-8H2,1-2H3/t11-,12-/m0/s1. The Morgan fingerprint density at radius 2 is 1.83 bits per heavy atom. The Morgan fingerprint density at radius 3 is 2.57 bits per heavy atom. The lowest BCUT2D eigenvalue weighted by molar-refractivity contribution is 0.0698. The van der Waals surface area contributed by atoms with Crippen LogP contribution >= 0.6 is 22.7 Å². The van der Waals surface area contributed by atoms with Crippen molar-refractivity contribution >= 4 is 38.8 Å². The number of carbonyl (C=O) groups excluding carboxylic acids is 1. The summed E-state index contributed by atoms with van der Waals surface area (Å²) >= 11 is 3.24. The van der Waals surface area contributed by atoms with Crippen LogP contribution in [0.2, 0.25) is 0 Å². The lowest BCUT2D eigenvalue weighted by Gasteiger charge is -2.25. The highest BCUT2D eigenvalue weighted by atomic mass is 32.1. The molecule has 0 saturated carbocycles. The van der Waals surface area contributed by atoms with Crippen LogP contribution in [0.1, 0.15) is 36.4 Å². The van der Waals surface area contributed by atoms with Crippen molar-refractivity contribution in [3.63, 3.8) is 0 Å². The first-order valence-corrected chi connectivity index (χ1v) is 9.55. The highest BCUT2D eigenvalue weighted by molar-refractivity contribution is 7.26. The zero-order chi connectivity index (χ0) is 16.0. The Labute approximate surface area is 143 Å². The fourth-order valence-corrected chi connectivity index (χ4v) is 5.24. The predicted molar refractivity (Wildman–Crippen MR) is 97.3 cm³/mol. The topological polar surface area (TPSA) is 33.2 Å². The molecular weight excluding hydrogens is 324 g/mol. The molecule has 0 spiro atoms. The number of thiazole rings is 1. The van der Waals surface area contributed by atoms with E-state index >= 15 is 0 Å². The fourth-order valence-electron chi connectivity index (χ4n) is 3.27. The van der Waals surface area contributed by atoms with Gasteiger partial charge in [-0.15, -0.1) is 22.7 Å². The van der Waals surface area contributed by atoms with Gasteiger partial charge in [0, 0.05) is 12.1 Å². The maximum Gasteiger partial charge on any atom is 0.264 e. The summed E-state index contributed by atoms with van der Waals surface area (Å²) in [7, 11) is 0. The molecule has 4 rings (SSSR count). The molecule has 0 bridgehead atoms. The quantitative estimate of drug-likeness (QED) is 0.654. The van der Waals surface area contributed by atoms with E-state index in [-0.39, 0.29) is 5.91 Å². The van der Waals surface area contributed by atoms with Crippen molar-refractivity contribution in [1.82, 2.24) is 9.88 Å². The lowest BCUT2D eigenvalue weighted by atomic mass is 10.2. The number of para-hydroxylation sites is 1. The third-order valence-corrected chi connectivity index (χ3v) is 6.79. The first-order chi connectivity index (χ1) is 11.1. The van der Waals surface area contributed by atoms with Gasteiger partial charge in [-0.3, -0.25) is 4.79 Å². The van der Waals surface area contributed by atoms with Gasteiger partial charge in [-0.1, -0.05) is 12.1 Å². The molecule has 3 aromatic rings. The van der Waals surface area contributed by atoms with Gasteiger partial charge in [-0.25, -0.2) is 4.98 Å². The van der Waals surface area contributed by atoms with Gasteiger partial charge in [-0.2, -0.15) is 0 Å². The van der Waals surface area contributed by atoms with Crippen LogP contribution < -0.4 is 0 Å². The molecular formula is C18H18N2OS2. The van der Waals surface area contributed by atoms with Crippen LogP contribution in [-0.4, -0.2) is 27.9 Å². The predicted octanol–water partition coefficient (Wildman–Crippen LogP) is 5.04. The molecule has 1 amide bonds. The second-order valence-electron chi connectivity index (χ2n) is 6.14. The van der Waals surface area contributed by atoms with Gasteiger partial charge in [0.15, 0.2) is 0 Å². The molecule has 2 aromatic heterocycles. The van der Waals surface area contributed by atoms with Gasteiger partial charge in [0.05, 0.1) is 20.0 Å². The van der Waals surface area contributed by atoms with Gasteiger partial charge in [0.25, 0.3) is 5.91 Å². The second kappa shape index (κ2) is 5.73. The number of fused-ring (bicyclic) bond motifs is 1. The second-order valence-corrected chi connectivity index (χ2v) is 8.25. The number of nitrogens with zero attached hydrogens (tertiary/aromatic N) is 2. The Morgan fingerprint density at radius 1 is 1.09 bits per heavy atom. The van der Waals surface area contributed by atoms with Crippen LogP contribution in [0.5, 0.6) is 0 Å². The van der Waals surface area contributed by atoms with Crippen molar-refractivity contribution in [3.8, 4) is 9.88 Å². The first-order valence-electron chi connectivity index (χ1n) is 7.92. The van der Waals surface area contributed by atoms with Gasteiger partial charge >= 0.3 is 0 Å². The number of rotatable bonds is 2. The number of hydrogen-bond acceptors (Lipinski definition) is 4. The molecule has 1 fully saturated rings. The highest BCUT2D eigenvalue weighted by Gasteiger charge is 2.32. The molecule has 118 valence electrons. The van der Waals surface area contributed by atoms with Crippen molar-refractivity contribution in [2.75, 3.05) is 0 Å². The lowest BCUT2D eigenvalue weighted by Crippen LogP contribution is -2.38. The zero-order valence-corrected chi connectivity index (χ0v) is 14.8. The maximum atomic E-state index is 12.8. The molecule has 1 aliphatic heterocycles. The summed E-state index contributed by atoms with van der Waals surface area (Å²) in [6, 6.07) is 12.8. The molecule has 0 N–H and O–H groups in total. The van der Waals surface area contributed by atoms with Crippen molar-refractivity contribution in [2.45, 2.75) is 38.8 Å². The third-order valence-electron chi connectivity index (χ3n) is 4.51. The molecule has 1 aliphatic rings. The van der Waals surface area contributed by atoms with Gasteiger partial charge in [0.1, 0.15) is 5.01 Å². The largest absolute Gasteiger partial charge is 0.333 e. The summed E-state index contributed by atoms with van der Waals surface area (Å²) in [5.74, 6) is 0.167. The maximum absolute atomic E-state index is 12.8. The molecule has 0 aliphatic carbocycles. The average Bonchev–Trinajstić information content (AvgIpc) is 3.24. The van der Waals surface area contributed by atoms with Crippen LogP contribution in [0.3, 0.4) is 0 Å². The van der Waals surface area contributed by atoms with Crippen LogP contribution in [0.4, 0.5) is 0 Å². The summed E-state index contributed by atoms with van der Waals surface area (Å²) in [6.45, 7) is 4.28. The van der Waals surface area contributed by atoms with E-state index in [0.717, 1.165) is 33.1 Å². The van der Waals surface area contributed by atoms with E-state index in [1.807, 2.05) is 35.2 Å². The molecule has 2 atom stereocenters. The summed E-state index contributed by atoms with van der Waals surface area (Å²) in [4.78, 5) is 21.4. The Kier molecular flexibility index (Phi) is 3.70. The van der Waals surface area contributed by atoms with E-state index in [1.165, 1.54) is 4.70 Å². The molecule has 3 nitrogen and oxygen atoms in total. The van der Waals surface area contributed by atoms with Crippen LogP contribution in [0.25, 0.3) is 20.1 Å². The fraction of sp³-hybridized carbons (Fsp3) is 0.333. The summed E-state index contributed by atoms with van der Waals surface area (Å²) in [5, 5.41) is 0.998. The van der Waals surface area contributed by atoms with Gasteiger partial charge in [-0.05, 0) is 51.0 Å². The van der Waals surface area contributed by atoms with E-state index in [1.54, 1.807) is 22.7 Å². The van der Waals surface area contributed by atoms with Crippen LogP contribution in [0, 0.1) is 0 Å². The first kappa shape index (κ1) is 14.8. The van der Waals surface area contributed by atoms with Crippen molar-refractivity contribution in [2.24, 2.45) is 0 Å². The number of benzene rings is 1. The van der Waals surface area contributed by atoms with E-state index in [2.05, 4.69) is 24.9 Å². The number of likely N-dealkylation sites (tertiary alicyclic amines) is 1. The average molecular weight is 342 g/mol. The molecule has 5 heteroatoms. The van der Waals surface area contributed by atoms with E-state index < -0.39 is 0 Å². The summed E-state index contributed by atoms with van der Waals surface area (Å²) in [5.41, 5.74) is 1.02. The number of aromatic nitrogens is 1. The highest BCUT2D eigenvalue weighted by Crippen LogP contribution is 2.36. The molecule has 0 radical (unpaired) electrons. The Hall–Kier alpha value is -1.72. The van der Waals surface area contributed by atoms with Crippen LogP contribution in [0.15, 0.2) is 36.4 Å². The van der Waals surface area contributed by atoms with Crippen LogP contribution in [-0.2, 0) is 0 Å². The van der Waals surface area contributed by atoms with E-state index in [4.69, 9.17) is 0 Å². The smallest absolute Gasteiger partial charge is 0.264 e. The number of amides is 1. The SMILES string of the molecule is C[C@H]1CC[C@H](C)N1C(=O)c1ccc(-c2nc3ccccc3s2)s1. The van der Waals surface area contributed by atoms with Crippen molar-refractivity contribution in [3.05, 3.63) is 41.3 Å². The van der Waals surface area contributed by atoms with E-state index in [0.29, 0.717) is 12.1 Å². The van der Waals surface area contributed by atoms with E-state index in [9.17, 15) is 4.79 Å². The molecule has 1 saturated heterocycles. The third kappa shape index (κ3) is 2.58. The van der Waals surface area contributed by atoms with Crippen molar-refractivity contribution < 1.29 is 4.79 Å². The zero-order valence-electron chi connectivity index (χ0n) is 13.2. The molecule has 23 heavy (non-hydrogen) atoms. The van der Waals surface area contributed by atoms with Gasteiger partial charge < -0.3 is 4.90 Å². The molecule has 0 unspecified atom stereocenters. The van der Waals surface area contributed by atoms with Gasteiger partial charge in [0.2, 0.25) is 0 Å². The summed E-state index contributed by atoms with van der Waals surface area (Å²) < 4.78 is 1.19. The number of carbonyl (C=O) groups is 1. The minimum absolute atomic E-state index is 0.167. The minimum Gasteiger partial charge on any atom is -0.333 e. The summed E-state index contributed by atoms with van der Waals surface area (Å²) in [6.07, 6.45) is 2.20. The Bertz CT molecular complexity index is 824. The number of hydrogen-bond donors (Lipinski definition) is 0. The normalized spacial score (nSPS) is 21.2. The Balaban J connectivity index is 1.65. The molecule has 3 heterocycles. The number of thiophene rings is 1. The molecule has 1 aromatic carbocycles. The minimum atomic E-state index is 0.167. The monoisotopic (exact) mass is 342 g/mol.